The van der Waals surface area contributed by atoms with E-state index in [2.05, 4.69) is 41.4 Å². The average Bonchev–Trinajstić information content (AvgIpc) is 3.21. The van der Waals surface area contributed by atoms with Gasteiger partial charge in [-0.2, -0.15) is 0 Å². The summed E-state index contributed by atoms with van der Waals surface area (Å²) in [5.74, 6) is 2.16. The van der Waals surface area contributed by atoms with E-state index in [1.807, 2.05) is 25.1 Å². The van der Waals surface area contributed by atoms with Crippen LogP contribution in [0.2, 0.25) is 0 Å². The van der Waals surface area contributed by atoms with Gasteiger partial charge in [-0.3, -0.25) is 4.79 Å². The molecule has 0 spiro atoms. The minimum Gasteiger partial charge on any atom is -0.454 e. The van der Waals surface area contributed by atoms with Gasteiger partial charge in [-0.1, -0.05) is 25.1 Å². The summed E-state index contributed by atoms with van der Waals surface area (Å²) in [7, 11) is 0. The van der Waals surface area contributed by atoms with Crippen LogP contribution in [-0.2, 0) is 4.79 Å². The van der Waals surface area contributed by atoms with Gasteiger partial charge >= 0.3 is 0 Å². The second-order valence-electron chi connectivity index (χ2n) is 7.94. The maximum Gasteiger partial charge on any atom is 0.244 e. The third-order valence-corrected chi connectivity index (χ3v) is 5.72. The van der Waals surface area contributed by atoms with Crippen LogP contribution < -0.4 is 19.7 Å². The minimum absolute atomic E-state index is 0.0562. The Morgan fingerprint density at radius 1 is 1.10 bits per heavy atom. The van der Waals surface area contributed by atoms with Gasteiger partial charge in [0.2, 0.25) is 12.7 Å². The van der Waals surface area contributed by atoms with Crippen molar-refractivity contribution in [3.05, 3.63) is 59.7 Å². The Labute approximate surface area is 172 Å². The van der Waals surface area contributed by atoms with E-state index in [0.29, 0.717) is 5.75 Å². The number of anilines is 1. The van der Waals surface area contributed by atoms with Gasteiger partial charge in [0, 0.05) is 24.9 Å². The molecule has 2 aromatic rings. The summed E-state index contributed by atoms with van der Waals surface area (Å²) in [5.41, 5.74) is 3.27. The van der Waals surface area contributed by atoms with Crippen molar-refractivity contribution in [1.82, 2.24) is 5.32 Å². The first-order valence-corrected chi connectivity index (χ1v) is 10.3. The van der Waals surface area contributed by atoms with Crippen LogP contribution in [0.3, 0.4) is 0 Å². The minimum atomic E-state index is -0.121. The van der Waals surface area contributed by atoms with E-state index in [4.69, 9.17) is 9.47 Å². The number of hydrogen-bond donors (Lipinski definition) is 1. The standard InChI is InChI=1S/C24H28N2O3/c1-17-11-13-26(14-12-17)21-7-5-20(6-8-21)18(2)25-24(27)10-4-19-3-9-22-23(15-19)29-16-28-22/h3-10,15,17-18H,11-14,16H2,1-2H3,(H,25,27)/b10-4+. The SMILES string of the molecule is CC1CCN(c2ccc(C(C)NC(=O)/C=C/c3ccc4c(c3)OCO4)cc2)CC1. The second kappa shape index (κ2) is 8.60. The van der Waals surface area contributed by atoms with Crippen molar-refractivity contribution in [2.24, 2.45) is 5.92 Å². The van der Waals surface area contributed by atoms with E-state index in [0.717, 1.165) is 35.9 Å². The highest BCUT2D eigenvalue weighted by atomic mass is 16.7. The predicted octanol–water partition coefficient (Wildman–Crippen LogP) is 4.54. The summed E-state index contributed by atoms with van der Waals surface area (Å²) in [6, 6.07) is 14.1. The van der Waals surface area contributed by atoms with Crippen LogP contribution in [0.1, 0.15) is 43.9 Å². The molecule has 1 atom stereocenters. The molecule has 1 amide bonds. The molecule has 0 saturated carbocycles. The number of ether oxygens (including phenoxy) is 2. The highest BCUT2D eigenvalue weighted by Gasteiger charge is 2.16. The van der Waals surface area contributed by atoms with Crippen molar-refractivity contribution in [2.45, 2.75) is 32.7 Å². The highest BCUT2D eigenvalue weighted by Crippen LogP contribution is 2.32. The molecule has 1 saturated heterocycles. The number of nitrogens with zero attached hydrogens (tertiary/aromatic N) is 1. The first kappa shape index (κ1) is 19.4. The van der Waals surface area contributed by atoms with Crippen LogP contribution in [-0.4, -0.2) is 25.8 Å². The number of piperidine rings is 1. The zero-order valence-corrected chi connectivity index (χ0v) is 17.1. The quantitative estimate of drug-likeness (QED) is 0.759. The molecule has 29 heavy (non-hydrogen) atoms. The largest absolute Gasteiger partial charge is 0.454 e. The first-order valence-electron chi connectivity index (χ1n) is 10.3. The Bertz CT molecular complexity index is 883. The smallest absolute Gasteiger partial charge is 0.244 e. The second-order valence-corrected chi connectivity index (χ2v) is 7.94. The van der Waals surface area contributed by atoms with Gasteiger partial charge in [-0.05, 0) is 67.2 Å². The Morgan fingerprint density at radius 2 is 1.83 bits per heavy atom. The van der Waals surface area contributed by atoms with Gasteiger partial charge in [0.25, 0.3) is 0 Å². The van der Waals surface area contributed by atoms with Crippen molar-refractivity contribution in [2.75, 3.05) is 24.8 Å². The van der Waals surface area contributed by atoms with Crippen LogP contribution in [0.15, 0.2) is 48.5 Å². The fourth-order valence-electron chi connectivity index (χ4n) is 3.77. The molecular weight excluding hydrogens is 364 g/mol. The normalized spacial score (nSPS) is 17.5. The maximum atomic E-state index is 12.3. The predicted molar refractivity (Wildman–Crippen MR) is 115 cm³/mol. The number of fused-ring (bicyclic) bond motifs is 1. The molecule has 0 aliphatic carbocycles. The molecule has 2 aliphatic rings. The van der Waals surface area contributed by atoms with Crippen LogP contribution in [0, 0.1) is 5.92 Å². The maximum absolute atomic E-state index is 12.3. The number of hydrogen-bond acceptors (Lipinski definition) is 4. The lowest BCUT2D eigenvalue weighted by Gasteiger charge is -2.32. The molecule has 1 unspecified atom stereocenters. The summed E-state index contributed by atoms with van der Waals surface area (Å²) in [4.78, 5) is 14.8. The zero-order valence-electron chi connectivity index (χ0n) is 17.1. The summed E-state index contributed by atoms with van der Waals surface area (Å²) < 4.78 is 10.7. The Morgan fingerprint density at radius 3 is 2.59 bits per heavy atom. The van der Waals surface area contributed by atoms with E-state index in [9.17, 15) is 4.79 Å². The lowest BCUT2D eigenvalue weighted by molar-refractivity contribution is -0.117. The number of rotatable bonds is 5. The number of carbonyl (C=O) groups is 1. The Balaban J connectivity index is 1.32. The number of amides is 1. The van der Waals surface area contributed by atoms with E-state index in [1.165, 1.54) is 18.5 Å². The molecule has 0 radical (unpaired) electrons. The van der Waals surface area contributed by atoms with Crippen LogP contribution in [0.4, 0.5) is 5.69 Å². The van der Waals surface area contributed by atoms with Crippen molar-refractivity contribution in [3.8, 4) is 11.5 Å². The molecule has 1 fully saturated rings. The van der Waals surface area contributed by atoms with E-state index >= 15 is 0 Å². The molecule has 4 rings (SSSR count). The molecule has 5 heteroatoms. The molecular formula is C24H28N2O3. The first-order chi connectivity index (χ1) is 14.1. The lowest BCUT2D eigenvalue weighted by Crippen LogP contribution is -2.32. The van der Waals surface area contributed by atoms with Crippen LogP contribution >= 0.6 is 0 Å². The molecule has 2 aliphatic heterocycles. The summed E-state index contributed by atoms with van der Waals surface area (Å²) in [6.07, 6.45) is 5.84. The third kappa shape index (κ3) is 4.73. The number of benzene rings is 2. The van der Waals surface area contributed by atoms with Gasteiger partial charge < -0.3 is 19.7 Å². The monoisotopic (exact) mass is 392 g/mol. The fraction of sp³-hybridized carbons (Fsp3) is 0.375. The van der Waals surface area contributed by atoms with Gasteiger partial charge in [0.15, 0.2) is 11.5 Å². The summed E-state index contributed by atoms with van der Waals surface area (Å²) in [5, 5.41) is 3.03. The average molecular weight is 392 g/mol. The fourth-order valence-corrected chi connectivity index (χ4v) is 3.77. The van der Waals surface area contributed by atoms with Crippen molar-refractivity contribution < 1.29 is 14.3 Å². The molecule has 2 heterocycles. The summed E-state index contributed by atoms with van der Waals surface area (Å²) >= 11 is 0. The number of nitrogens with one attached hydrogen (secondary N) is 1. The van der Waals surface area contributed by atoms with Crippen LogP contribution in [0.5, 0.6) is 11.5 Å². The van der Waals surface area contributed by atoms with E-state index in [-0.39, 0.29) is 18.7 Å². The van der Waals surface area contributed by atoms with Crippen molar-refractivity contribution in [1.29, 1.82) is 0 Å². The third-order valence-electron chi connectivity index (χ3n) is 5.72. The summed E-state index contributed by atoms with van der Waals surface area (Å²) in [6.45, 7) is 6.82. The molecule has 152 valence electrons. The molecule has 1 N–H and O–H groups in total. The van der Waals surface area contributed by atoms with Crippen molar-refractivity contribution >= 4 is 17.7 Å². The molecule has 2 aromatic carbocycles. The highest BCUT2D eigenvalue weighted by molar-refractivity contribution is 5.92. The Hall–Kier alpha value is -2.95. The van der Waals surface area contributed by atoms with Gasteiger partial charge in [-0.15, -0.1) is 0 Å². The lowest BCUT2D eigenvalue weighted by atomic mass is 9.98. The molecule has 0 aromatic heterocycles. The molecule has 5 nitrogen and oxygen atoms in total. The Kier molecular flexibility index (Phi) is 5.74. The van der Waals surface area contributed by atoms with Gasteiger partial charge in [0.05, 0.1) is 6.04 Å². The van der Waals surface area contributed by atoms with Gasteiger partial charge in [0.1, 0.15) is 0 Å². The number of carbonyl (C=O) groups excluding carboxylic acids is 1. The van der Waals surface area contributed by atoms with E-state index < -0.39 is 0 Å². The van der Waals surface area contributed by atoms with Gasteiger partial charge in [-0.25, -0.2) is 0 Å². The molecule has 0 bridgehead atoms. The van der Waals surface area contributed by atoms with Crippen molar-refractivity contribution in [3.63, 3.8) is 0 Å². The van der Waals surface area contributed by atoms with Crippen LogP contribution in [0.25, 0.3) is 6.08 Å². The topological polar surface area (TPSA) is 50.8 Å². The van der Waals surface area contributed by atoms with E-state index in [1.54, 1.807) is 12.2 Å². The zero-order chi connectivity index (χ0) is 20.2.